The highest BCUT2D eigenvalue weighted by Crippen LogP contribution is 2.23. The Morgan fingerprint density at radius 1 is 1.21 bits per heavy atom. The molecule has 1 aromatic carbocycles. The smallest absolute Gasteiger partial charge is 0.306 e. The lowest BCUT2D eigenvalue weighted by Gasteiger charge is -2.28. The summed E-state index contributed by atoms with van der Waals surface area (Å²) in [7, 11) is 0. The number of amides is 2. The zero-order valence-electron chi connectivity index (χ0n) is 19.3. The molecule has 1 aliphatic heterocycles. The van der Waals surface area contributed by atoms with Gasteiger partial charge in [-0.15, -0.1) is 13.2 Å². The Bertz CT molecular complexity index is 795. The van der Waals surface area contributed by atoms with E-state index in [4.69, 9.17) is 4.74 Å². The van der Waals surface area contributed by atoms with Gasteiger partial charge in [-0.05, 0) is 37.7 Å². The fraction of sp³-hybridized carbons (Fsp3) is 0.500. The monoisotopic (exact) mass is 456 g/mol. The van der Waals surface area contributed by atoms with Crippen LogP contribution in [0.2, 0.25) is 0 Å². The molecule has 0 spiro atoms. The number of hydrogen-bond acceptors (Lipinski definition) is 5. The van der Waals surface area contributed by atoms with Crippen molar-refractivity contribution in [1.29, 1.82) is 0 Å². The molecule has 3 atom stereocenters. The number of carbonyl (C=O) groups is 3. The van der Waals surface area contributed by atoms with Gasteiger partial charge in [0.15, 0.2) is 0 Å². The minimum absolute atomic E-state index is 0.0124. The number of nitrogens with one attached hydrogen (secondary N) is 1. The molecule has 2 amide bonds. The van der Waals surface area contributed by atoms with Crippen LogP contribution in [0.4, 0.5) is 0 Å². The number of aliphatic hydroxyl groups is 1. The minimum atomic E-state index is -0.546. The van der Waals surface area contributed by atoms with Gasteiger partial charge in [-0.1, -0.05) is 42.5 Å². The number of allylic oxidation sites excluding steroid dienone is 2. The third-order valence-corrected chi connectivity index (χ3v) is 5.79. The quantitative estimate of drug-likeness (QED) is 0.332. The van der Waals surface area contributed by atoms with E-state index in [1.165, 1.54) is 0 Å². The lowest BCUT2D eigenvalue weighted by molar-refractivity contribution is -0.148. The summed E-state index contributed by atoms with van der Waals surface area (Å²) in [5, 5.41) is 12.5. The predicted molar refractivity (Wildman–Crippen MR) is 127 cm³/mol. The summed E-state index contributed by atoms with van der Waals surface area (Å²) in [6, 6.07) is 9.02. The Hall–Kier alpha value is -2.93. The second-order valence-corrected chi connectivity index (χ2v) is 8.40. The number of ether oxygens (including phenoxy) is 1. The second kappa shape index (κ2) is 14.3. The zero-order valence-corrected chi connectivity index (χ0v) is 19.3. The average molecular weight is 457 g/mol. The van der Waals surface area contributed by atoms with Gasteiger partial charge in [0.25, 0.3) is 0 Å². The maximum atomic E-state index is 13.2. The Kier molecular flexibility index (Phi) is 11.4. The van der Waals surface area contributed by atoms with Crippen molar-refractivity contribution in [3.8, 4) is 0 Å². The molecule has 3 unspecified atom stereocenters. The van der Waals surface area contributed by atoms with E-state index in [9.17, 15) is 19.5 Å². The number of benzene rings is 1. The Morgan fingerprint density at radius 3 is 2.64 bits per heavy atom. The van der Waals surface area contributed by atoms with Crippen LogP contribution >= 0.6 is 0 Å². The molecule has 1 saturated heterocycles. The number of aliphatic hydroxyl groups excluding tert-OH is 1. The Morgan fingerprint density at radius 2 is 1.97 bits per heavy atom. The van der Waals surface area contributed by atoms with E-state index in [1.54, 1.807) is 17.1 Å². The third-order valence-electron chi connectivity index (χ3n) is 5.79. The van der Waals surface area contributed by atoms with Crippen LogP contribution in [0, 0.1) is 5.92 Å². The molecule has 1 heterocycles. The summed E-state index contributed by atoms with van der Waals surface area (Å²) in [6.45, 7) is 7.89. The molecule has 1 aliphatic rings. The molecular formula is C26H36N2O5. The van der Waals surface area contributed by atoms with Crippen molar-refractivity contribution in [3.63, 3.8) is 0 Å². The molecule has 0 aliphatic carbocycles. The van der Waals surface area contributed by atoms with Crippen LogP contribution in [0.1, 0.15) is 44.1 Å². The fourth-order valence-corrected chi connectivity index (χ4v) is 4.06. The molecule has 0 radical (unpaired) electrons. The molecule has 2 N–H and O–H groups in total. The first-order valence-electron chi connectivity index (χ1n) is 11.6. The molecule has 7 nitrogen and oxygen atoms in total. The van der Waals surface area contributed by atoms with Crippen molar-refractivity contribution < 1.29 is 24.2 Å². The minimum Gasteiger partial charge on any atom is -0.463 e. The number of hydrogen-bond donors (Lipinski definition) is 2. The van der Waals surface area contributed by atoms with E-state index in [0.717, 1.165) is 18.4 Å². The first kappa shape index (κ1) is 26.3. The van der Waals surface area contributed by atoms with Gasteiger partial charge in [0.2, 0.25) is 11.8 Å². The molecule has 1 fully saturated rings. The average Bonchev–Trinajstić information content (AvgIpc) is 3.29. The number of carbonyl (C=O) groups excluding carboxylic acids is 3. The topological polar surface area (TPSA) is 95.9 Å². The van der Waals surface area contributed by atoms with Crippen molar-refractivity contribution in [2.45, 2.75) is 57.0 Å². The SMILES string of the molecule is C=CCCC(=O)OCC1CCCN1C(=O)C(CC=C)CC(=O)NC(CO)Cc1ccccc1. The van der Waals surface area contributed by atoms with Gasteiger partial charge in [0, 0.05) is 19.4 Å². The Labute approximate surface area is 196 Å². The van der Waals surface area contributed by atoms with E-state index >= 15 is 0 Å². The van der Waals surface area contributed by atoms with E-state index in [1.807, 2.05) is 30.3 Å². The zero-order chi connectivity index (χ0) is 24.1. The van der Waals surface area contributed by atoms with Crippen LogP contribution in [0.5, 0.6) is 0 Å². The summed E-state index contributed by atoms with van der Waals surface area (Å²) in [4.78, 5) is 39.5. The number of rotatable bonds is 14. The van der Waals surface area contributed by atoms with Gasteiger partial charge in [-0.3, -0.25) is 14.4 Å². The van der Waals surface area contributed by atoms with Crippen LogP contribution in [0.25, 0.3) is 0 Å². The summed E-state index contributed by atoms with van der Waals surface area (Å²) >= 11 is 0. The van der Waals surface area contributed by atoms with Gasteiger partial charge < -0.3 is 20.1 Å². The van der Waals surface area contributed by atoms with Crippen LogP contribution in [0.15, 0.2) is 55.6 Å². The molecule has 2 rings (SSSR count). The largest absolute Gasteiger partial charge is 0.463 e. The van der Waals surface area contributed by atoms with E-state index < -0.39 is 12.0 Å². The maximum absolute atomic E-state index is 13.2. The Balaban J connectivity index is 1.93. The van der Waals surface area contributed by atoms with Gasteiger partial charge >= 0.3 is 5.97 Å². The predicted octanol–water partition coefficient (Wildman–Crippen LogP) is 2.79. The van der Waals surface area contributed by atoms with Crippen molar-refractivity contribution in [2.24, 2.45) is 5.92 Å². The van der Waals surface area contributed by atoms with E-state index in [0.29, 0.717) is 25.8 Å². The highest BCUT2D eigenvalue weighted by Gasteiger charge is 2.34. The van der Waals surface area contributed by atoms with Crippen LogP contribution in [0.3, 0.4) is 0 Å². The van der Waals surface area contributed by atoms with Crippen LogP contribution in [-0.2, 0) is 25.5 Å². The van der Waals surface area contributed by atoms with Gasteiger partial charge in [-0.25, -0.2) is 0 Å². The fourth-order valence-electron chi connectivity index (χ4n) is 4.06. The molecule has 1 aromatic rings. The summed E-state index contributed by atoms with van der Waals surface area (Å²) in [5.74, 6) is -1.25. The summed E-state index contributed by atoms with van der Waals surface area (Å²) in [6.07, 6.45) is 6.63. The van der Waals surface area contributed by atoms with Crippen LogP contribution < -0.4 is 5.32 Å². The van der Waals surface area contributed by atoms with Gasteiger partial charge in [-0.2, -0.15) is 0 Å². The van der Waals surface area contributed by atoms with E-state index in [-0.39, 0.29) is 49.9 Å². The van der Waals surface area contributed by atoms with Crippen molar-refractivity contribution in [2.75, 3.05) is 19.8 Å². The molecule has 0 aromatic heterocycles. The lowest BCUT2D eigenvalue weighted by atomic mass is 9.98. The first-order valence-corrected chi connectivity index (χ1v) is 11.6. The van der Waals surface area contributed by atoms with Crippen molar-refractivity contribution >= 4 is 17.8 Å². The van der Waals surface area contributed by atoms with E-state index in [2.05, 4.69) is 18.5 Å². The number of likely N-dealkylation sites (tertiary alicyclic amines) is 1. The van der Waals surface area contributed by atoms with Crippen molar-refractivity contribution in [1.82, 2.24) is 10.2 Å². The van der Waals surface area contributed by atoms with Crippen LogP contribution in [-0.4, -0.2) is 59.6 Å². The maximum Gasteiger partial charge on any atom is 0.306 e. The molecule has 7 heteroatoms. The molecule has 0 saturated carbocycles. The van der Waals surface area contributed by atoms with Crippen molar-refractivity contribution in [3.05, 3.63) is 61.2 Å². The summed E-state index contributed by atoms with van der Waals surface area (Å²) in [5.41, 5.74) is 1.01. The first-order chi connectivity index (χ1) is 16.0. The lowest BCUT2D eigenvalue weighted by Crippen LogP contribution is -2.45. The number of esters is 1. The molecular weight excluding hydrogens is 420 g/mol. The normalized spacial score (nSPS) is 17.1. The highest BCUT2D eigenvalue weighted by atomic mass is 16.5. The molecule has 0 bridgehead atoms. The van der Waals surface area contributed by atoms with Gasteiger partial charge in [0.05, 0.1) is 24.6 Å². The van der Waals surface area contributed by atoms with Gasteiger partial charge in [0.1, 0.15) is 6.61 Å². The second-order valence-electron chi connectivity index (χ2n) is 8.40. The number of nitrogens with zero attached hydrogens (tertiary/aromatic N) is 1. The third kappa shape index (κ3) is 8.85. The molecule has 33 heavy (non-hydrogen) atoms. The summed E-state index contributed by atoms with van der Waals surface area (Å²) < 4.78 is 5.35. The standard InChI is InChI=1S/C26H36N2O5/c1-3-5-14-25(31)33-19-23-13-9-15-28(23)26(32)21(10-4-2)17-24(30)27-22(18-29)16-20-11-7-6-8-12-20/h3-4,6-8,11-12,21-23,29H,1-2,5,9-10,13-19H2,(H,27,30). The molecule has 180 valence electrons. The highest BCUT2D eigenvalue weighted by molar-refractivity contribution is 5.86.